The second kappa shape index (κ2) is 7.32. The zero-order valence-corrected chi connectivity index (χ0v) is 13.6. The Hall–Kier alpha value is -1.74. The van der Waals surface area contributed by atoms with Crippen molar-refractivity contribution in [2.75, 3.05) is 23.8 Å². The third-order valence-electron chi connectivity index (χ3n) is 3.45. The molecule has 1 heterocycles. The van der Waals surface area contributed by atoms with Crippen LogP contribution in [0.25, 0.3) is 0 Å². The van der Waals surface area contributed by atoms with Gasteiger partial charge in [0.15, 0.2) is 0 Å². The van der Waals surface area contributed by atoms with Crippen LogP contribution in [0.5, 0.6) is 0 Å². The molecule has 2 rings (SSSR count). The molecule has 0 aliphatic carbocycles. The SMILES string of the molecule is CCNc1ccc(Cl)c(CN(C)c2ccc(CC)cc2)n1. The van der Waals surface area contributed by atoms with Gasteiger partial charge in [-0.1, -0.05) is 30.7 Å². The average molecular weight is 304 g/mol. The fourth-order valence-corrected chi connectivity index (χ4v) is 2.34. The summed E-state index contributed by atoms with van der Waals surface area (Å²) in [5.74, 6) is 0.867. The molecule has 0 fully saturated rings. The van der Waals surface area contributed by atoms with E-state index in [0.717, 1.165) is 24.5 Å². The lowest BCUT2D eigenvalue weighted by Crippen LogP contribution is -2.18. The Kier molecular flexibility index (Phi) is 5.45. The van der Waals surface area contributed by atoms with E-state index in [1.807, 2.05) is 12.1 Å². The number of nitrogens with zero attached hydrogens (tertiary/aromatic N) is 2. The van der Waals surface area contributed by atoms with Crippen LogP contribution < -0.4 is 10.2 Å². The van der Waals surface area contributed by atoms with Crippen molar-refractivity contribution in [1.29, 1.82) is 0 Å². The van der Waals surface area contributed by atoms with Crippen LogP contribution in [-0.4, -0.2) is 18.6 Å². The smallest absolute Gasteiger partial charge is 0.126 e. The van der Waals surface area contributed by atoms with E-state index >= 15 is 0 Å². The molecule has 2 aromatic rings. The Bertz CT molecular complexity index is 581. The van der Waals surface area contributed by atoms with Gasteiger partial charge in [-0.2, -0.15) is 0 Å². The Morgan fingerprint density at radius 1 is 1.10 bits per heavy atom. The van der Waals surface area contributed by atoms with Crippen LogP contribution in [0.3, 0.4) is 0 Å². The molecule has 21 heavy (non-hydrogen) atoms. The van der Waals surface area contributed by atoms with Gasteiger partial charge in [-0.05, 0) is 43.2 Å². The number of anilines is 2. The number of aromatic nitrogens is 1. The van der Waals surface area contributed by atoms with Gasteiger partial charge >= 0.3 is 0 Å². The van der Waals surface area contributed by atoms with Crippen molar-refractivity contribution in [1.82, 2.24) is 4.98 Å². The summed E-state index contributed by atoms with van der Waals surface area (Å²) in [4.78, 5) is 6.73. The van der Waals surface area contributed by atoms with Gasteiger partial charge in [0.2, 0.25) is 0 Å². The van der Waals surface area contributed by atoms with Crippen LogP contribution in [0.1, 0.15) is 25.1 Å². The normalized spacial score (nSPS) is 10.5. The predicted molar refractivity (Wildman–Crippen MR) is 91.3 cm³/mol. The first-order valence-electron chi connectivity index (χ1n) is 7.33. The molecule has 0 amide bonds. The van der Waals surface area contributed by atoms with E-state index in [2.05, 4.69) is 60.4 Å². The Morgan fingerprint density at radius 3 is 2.43 bits per heavy atom. The highest BCUT2D eigenvalue weighted by Gasteiger charge is 2.08. The zero-order valence-electron chi connectivity index (χ0n) is 12.9. The molecule has 0 aliphatic heterocycles. The van der Waals surface area contributed by atoms with Gasteiger partial charge in [-0.25, -0.2) is 4.98 Å². The van der Waals surface area contributed by atoms with Crippen molar-refractivity contribution in [3.8, 4) is 0 Å². The molecule has 0 spiro atoms. The topological polar surface area (TPSA) is 28.2 Å². The van der Waals surface area contributed by atoms with Gasteiger partial charge in [0, 0.05) is 19.3 Å². The zero-order chi connectivity index (χ0) is 15.2. The van der Waals surface area contributed by atoms with Crippen LogP contribution in [0.4, 0.5) is 11.5 Å². The molecule has 0 radical (unpaired) electrons. The summed E-state index contributed by atoms with van der Waals surface area (Å²) in [6.07, 6.45) is 1.06. The monoisotopic (exact) mass is 303 g/mol. The van der Waals surface area contributed by atoms with Gasteiger partial charge in [0.05, 0.1) is 17.3 Å². The fraction of sp³-hybridized carbons (Fsp3) is 0.353. The first-order valence-corrected chi connectivity index (χ1v) is 7.71. The highest BCUT2D eigenvalue weighted by atomic mass is 35.5. The summed E-state index contributed by atoms with van der Waals surface area (Å²) in [6, 6.07) is 12.4. The molecule has 0 saturated heterocycles. The van der Waals surface area contributed by atoms with Gasteiger partial charge in [-0.15, -0.1) is 0 Å². The maximum absolute atomic E-state index is 6.26. The molecule has 1 aromatic heterocycles. The molecule has 112 valence electrons. The molecule has 4 heteroatoms. The number of hydrogen-bond donors (Lipinski definition) is 1. The van der Waals surface area contributed by atoms with Gasteiger partial charge in [-0.3, -0.25) is 0 Å². The van der Waals surface area contributed by atoms with E-state index in [1.165, 1.54) is 11.3 Å². The number of rotatable bonds is 6. The average Bonchev–Trinajstić information content (AvgIpc) is 2.51. The minimum absolute atomic E-state index is 0.684. The van der Waals surface area contributed by atoms with E-state index in [1.54, 1.807) is 0 Å². The maximum Gasteiger partial charge on any atom is 0.126 e. The summed E-state index contributed by atoms with van der Waals surface area (Å²) >= 11 is 6.26. The standard InChI is InChI=1S/C17H22ClN3/c1-4-13-6-8-14(9-7-13)21(3)12-16-15(18)10-11-17(20-16)19-5-2/h6-11H,4-5,12H2,1-3H3,(H,19,20). The molecule has 0 saturated carbocycles. The molecule has 3 nitrogen and oxygen atoms in total. The van der Waals surface area contributed by atoms with Crippen molar-refractivity contribution >= 4 is 23.1 Å². The second-order valence-corrected chi connectivity index (χ2v) is 5.44. The molecule has 1 aromatic carbocycles. The number of benzene rings is 1. The summed E-state index contributed by atoms with van der Waals surface area (Å²) < 4.78 is 0. The van der Waals surface area contributed by atoms with Crippen molar-refractivity contribution in [2.24, 2.45) is 0 Å². The van der Waals surface area contributed by atoms with Gasteiger partial charge < -0.3 is 10.2 Å². The maximum atomic E-state index is 6.26. The van der Waals surface area contributed by atoms with Crippen LogP contribution in [-0.2, 0) is 13.0 Å². The molecule has 0 unspecified atom stereocenters. The molecule has 1 N–H and O–H groups in total. The summed E-state index contributed by atoms with van der Waals surface area (Å²) in [5, 5.41) is 3.92. The highest BCUT2D eigenvalue weighted by molar-refractivity contribution is 6.31. The molecular weight excluding hydrogens is 282 g/mol. The number of hydrogen-bond acceptors (Lipinski definition) is 3. The summed E-state index contributed by atoms with van der Waals surface area (Å²) in [6.45, 7) is 5.75. The molecular formula is C17H22ClN3. The van der Waals surface area contributed by atoms with Crippen LogP contribution in [0.2, 0.25) is 5.02 Å². The van der Waals surface area contributed by atoms with Crippen molar-refractivity contribution in [2.45, 2.75) is 26.8 Å². The van der Waals surface area contributed by atoms with E-state index in [9.17, 15) is 0 Å². The first kappa shape index (κ1) is 15.6. The van der Waals surface area contributed by atoms with Gasteiger partial charge in [0.25, 0.3) is 0 Å². The number of halogens is 1. The third kappa shape index (κ3) is 4.11. The Morgan fingerprint density at radius 2 is 1.81 bits per heavy atom. The van der Waals surface area contributed by atoms with E-state index < -0.39 is 0 Å². The lowest BCUT2D eigenvalue weighted by molar-refractivity contribution is 0.884. The molecule has 0 bridgehead atoms. The predicted octanol–water partition coefficient (Wildman–Crippen LogP) is 4.37. The van der Waals surface area contributed by atoms with Crippen molar-refractivity contribution < 1.29 is 0 Å². The third-order valence-corrected chi connectivity index (χ3v) is 3.79. The van der Waals surface area contributed by atoms with Gasteiger partial charge in [0.1, 0.15) is 5.82 Å². The molecule has 0 aliphatic rings. The lowest BCUT2D eigenvalue weighted by atomic mass is 10.1. The number of nitrogens with one attached hydrogen (secondary N) is 1. The van der Waals surface area contributed by atoms with E-state index in [0.29, 0.717) is 11.6 Å². The van der Waals surface area contributed by atoms with Crippen molar-refractivity contribution in [3.63, 3.8) is 0 Å². The second-order valence-electron chi connectivity index (χ2n) is 5.03. The largest absolute Gasteiger partial charge is 0.370 e. The van der Waals surface area contributed by atoms with Crippen molar-refractivity contribution in [3.05, 3.63) is 52.7 Å². The van der Waals surface area contributed by atoms with Crippen LogP contribution >= 0.6 is 11.6 Å². The summed E-state index contributed by atoms with van der Waals surface area (Å²) in [7, 11) is 2.05. The summed E-state index contributed by atoms with van der Waals surface area (Å²) in [5.41, 5.74) is 3.40. The molecule has 0 atom stereocenters. The van der Waals surface area contributed by atoms with Crippen LogP contribution in [0.15, 0.2) is 36.4 Å². The minimum atomic E-state index is 0.684. The van der Waals surface area contributed by atoms with E-state index in [-0.39, 0.29) is 0 Å². The Balaban J connectivity index is 2.14. The minimum Gasteiger partial charge on any atom is -0.370 e. The number of pyridine rings is 1. The first-order chi connectivity index (χ1) is 10.1. The van der Waals surface area contributed by atoms with E-state index in [4.69, 9.17) is 11.6 Å². The quantitative estimate of drug-likeness (QED) is 0.859. The number of aryl methyl sites for hydroxylation is 1. The van der Waals surface area contributed by atoms with Crippen LogP contribution in [0, 0.1) is 0 Å². The lowest BCUT2D eigenvalue weighted by Gasteiger charge is -2.20. The highest BCUT2D eigenvalue weighted by Crippen LogP contribution is 2.21. The fourth-order valence-electron chi connectivity index (χ4n) is 2.18. The Labute approximate surface area is 132 Å².